The minimum absolute atomic E-state index is 0.292. The van der Waals surface area contributed by atoms with Crippen molar-refractivity contribution < 1.29 is 19.8 Å². The molecule has 0 heterocycles. The van der Waals surface area contributed by atoms with Crippen molar-refractivity contribution in [2.24, 2.45) is 0 Å². The monoisotopic (exact) mass is 306 g/mol. The molecule has 0 aliphatic heterocycles. The second-order valence-electron chi connectivity index (χ2n) is 5.72. The number of hydrogen-bond acceptors (Lipinski definition) is 2. The molecule has 0 saturated heterocycles. The van der Waals surface area contributed by atoms with E-state index < -0.39 is 11.9 Å². The first-order valence-electron chi connectivity index (χ1n) is 8.13. The minimum atomic E-state index is -0.880. The van der Waals surface area contributed by atoms with Crippen molar-refractivity contribution in [3.63, 3.8) is 0 Å². The van der Waals surface area contributed by atoms with Crippen molar-refractivity contribution in [2.45, 2.75) is 64.2 Å². The fourth-order valence-corrected chi connectivity index (χ4v) is 2.48. The molecule has 0 aliphatic carbocycles. The maximum Gasteiger partial charge on any atom is 0.335 e. The topological polar surface area (TPSA) is 74.6 Å². The van der Waals surface area contributed by atoms with Gasteiger partial charge in [-0.1, -0.05) is 50.7 Å². The Balaban J connectivity index is 1.97. The molecule has 22 heavy (non-hydrogen) atoms. The van der Waals surface area contributed by atoms with Gasteiger partial charge < -0.3 is 10.2 Å². The van der Waals surface area contributed by atoms with Gasteiger partial charge in [0.15, 0.2) is 0 Å². The number of aromatic carboxylic acids is 1. The zero-order chi connectivity index (χ0) is 16.2. The summed E-state index contributed by atoms with van der Waals surface area (Å²) in [6, 6.07) is 7.11. The summed E-state index contributed by atoms with van der Waals surface area (Å²) in [4.78, 5) is 21.1. The Morgan fingerprint density at radius 3 is 1.73 bits per heavy atom. The van der Waals surface area contributed by atoms with Crippen LogP contribution in [0.3, 0.4) is 0 Å². The van der Waals surface area contributed by atoms with E-state index in [9.17, 15) is 9.59 Å². The van der Waals surface area contributed by atoms with Gasteiger partial charge in [-0.05, 0) is 37.0 Å². The van der Waals surface area contributed by atoms with E-state index in [0.717, 1.165) is 32.1 Å². The Morgan fingerprint density at radius 2 is 1.23 bits per heavy atom. The van der Waals surface area contributed by atoms with Crippen LogP contribution in [0.15, 0.2) is 24.3 Å². The third kappa shape index (κ3) is 8.45. The molecular weight excluding hydrogens is 280 g/mol. The van der Waals surface area contributed by atoms with Crippen molar-refractivity contribution in [1.29, 1.82) is 0 Å². The fourth-order valence-electron chi connectivity index (χ4n) is 2.48. The number of hydrogen-bond donors (Lipinski definition) is 2. The molecule has 1 rings (SSSR count). The Morgan fingerprint density at radius 1 is 0.727 bits per heavy atom. The van der Waals surface area contributed by atoms with E-state index in [1.165, 1.54) is 31.2 Å². The first kappa shape index (κ1) is 18.2. The molecule has 0 amide bonds. The molecule has 2 N–H and O–H groups in total. The van der Waals surface area contributed by atoms with E-state index in [1.54, 1.807) is 12.1 Å². The maximum atomic E-state index is 10.7. The number of benzene rings is 1. The highest BCUT2D eigenvalue weighted by Gasteiger charge is 2.01. The van der Waals surface area contributed by atoms with E-state index in [4.69, 9.17) is 10.2 Å². The molecule has 0 atom stereocenters. The number of carbonyl (C=O) groups is 2. The van der Waals surface area contributed by atoms with E-state index in [-0.39, 0.29) is 0 Å². The molecule has 0 bridgehead atoms. The van der Waals surface area contributed by atoms with Gasteiger partial charge in [0, 0.05) is 6.42 Å². The molecule has 4 heteroatoms. The highest BCUT2D eigenvalue weighted by molar-refractivity contribution is 5.87. The van der Waals surface area contributed by atoms with E-state index >= 15 is 0 Å². The largest absolute Gasteiger partial charge is 0.481 e. The SMILES string of the molecule is O=C(O)CCCCCCCCCCc1ccc(C(=O)O)cc1. The van der Waals surface area contributed by atoms with Crippen molar-refractivity contribution in [3.05, 3.63) is 35.4 Å². The Kier molecular flexibility index (Phi) is 8.96. The van der Waals surface area contributed by atoms with Gasteiger partial charge in [0.2, 0.25) is 0 Å². The van der Waals surface area contributed by atoms with Gasteiger partial charge in [-0.25, -0.2) is 4.79 Å². The summed E-state index contributed by atoms with van der Waals surface area (Å²) < 4.78 is 0. The highest BCUT2D eigenvalue weighted by Crippen LogP contribution is 2.12. The molecule has 122 valence electrons. The predicted octanol–water partition coefficient (Wildman–Crippen LogP) is 4.52. The summed E-state index contributed by atoms with van der Waals surface area (Å²) in [5.74, 6) is -1.58. The normalized spacial score (nSPS) is 10.5. The molecule has 0 unspecified atom stereocenters. The summed E-state index contributed by atoms with van der Waals surface area (Å²) in [6.45, 7) is 0. The van der Waals surface area contributed by atoms with Gasteiger partial charge in [-0.15, -0.1) is 0 Å². The summed E-state index contributed by atoms with van der Waals surface area (Å²) in [6.07, 6.45) is 10.2. The van der Waals surface area contributed by atoms with Crippen LogP contribution in [0.5, 0.6) is 0 Å². The number of carboxylic acid groups (broad SMARTS) is 2. The van der Waals surface area contributed by atoms with Crippen LogP contribution in [0, 0.1) is 0 Å². The molecule has 0 aliphatic rings. The lowest BCUT2D eigenvalue weighted by Crippen LogP contribution is -1.96. The standard InChI is InChI=1S/C18H26O4/c19-17(20)10-8-6-4-2-1-3-5-7-9-15-11-13-16(14-12-15)18(21)22/h11-14H,1-10H2,(H,19,20)(H,21,22). The van der Waals surface area contributed by atoms with E-state index in [2.05, 4.69) is 0 Å². The van der Waals surface area contributed by atoms with Gasteiger partial charge in [-0.3, -0.25) is 4.79 Å². The van der Waals surface area contributed by atoms with Gasteiger partial charge in [-0.2, -0.15) is 0 Å². The number of unbranched alkanes of at least 4 members (excludes halogenated alkanes) is 7. The maximum absolute atomic E-state index is 10.7. The average molecular weight is 306 g/mol. The molecule has 0 radical (unpaired) electrons. The fraction of sp³-hybridized carbons (Fsp3) is 0.556. The molecule has 0 aromatic heterocycles. The lowest BCUT2D eigenvalue weighted by atomic mass is 10.0. The first-order chi connectivity index (χ1) is 10.6. The summed E-state index contributed by atoms with van der Waals surface area (Å²) in [5, 5.41) is 17.3. The van der Waals surface area contributed by atoms with Crippen LogP contribution in [-0.4, -0.2) is 22.2 Å². The third-order valence-electron chi connectivity index (χ3n) is 3.81. The summed E-state index contributed by atoms with van der Waals surface area (Å²) in [5.41, 5.74) is 1.53. The molecule has 1 aromatic carbocycles. The minimum Gasteiger partial charge on any atom is -0.481 e. The predicted molar refractivity (Wildman–Crippen MR) is 86.3 cm³/mol. The quantitative estimate of drug-likeness (QED) is 0.557. The Labute approximate surface area is 132 Å². The molecular formula is C18H26O4. The average Bonchev–Trinajstić information content (AvgIpc) is 2.49. The van der Waals surface area contributed by atoms with Crippen LogP contribution < -0.4 is 0 Å². The molecule has 4 nitrogen and oxygen atoms in total. The van der Waals surface area contributed by atoms with Crippen molar-refractivity contribution in [1.82, 2.24) is 0 Å². The Hall–Kier alpha value is -1.84. The molecule has 0 fully saturated rings. The molecule has 0 spiro atoms. The summed E-state index contributed by atoms with van der Waals surface area (Å²) in [7, 11) is 0. The zero-order valence-electron chi connectivity index (χ0n) is 13.1. The van der Waals surface area contributed by atoms with Gasteiger partial charge in [0.1, 0.15) is 0 Å². The van der Waals surface area contributed by atoms with Gasteiger partial charge in [0.25, 0.3) is 0 Å². The van der Waals surface area contributed by atoms with Crippen LogP contribution >= 0.6 is 0 Å². The number of rotatable bonds is 12. The van der Waals surface area contributed by atoms with Gasteiger partial charge in [0.05, 0.1) is 5.56 Å². The van der Waals surface area contributed by atoms with Crippen LogP contribution in [-0.2, 0) is 11.2 Å². The lowest BCUT2D eigenvalue weighted by Gasteiger charge is -2.03. The van der Waals surface area contributed by atoms with Crippen molar-refractivity contribution in [2.75, 3.05) is 0 Å². The second-order valence-corrected chi connectivity index (χ2v) is 5.72. The second kappa shape index (κ2) is 10.8. The number of aliphatic carboxylic acids is 1. The van der Waals surface area contributed by atoms with Crippen LogP contribution in [0.2, 0.25) is 0 Å². The first-order valence-corrected chi connectivity index (χ1v) is 8.13. The molecule has 0 saturated carbocycles. The third-order valence-corrected chi connectivity index (χ3v) is 3.81. The van der Waals surface area contributed by atoms with E-state index in [0.29, 0.717) is 12.0 Å². The highest BCUT2D eigenvalue weighted by atomic mass is 16.4. The summed E-state index contributed by atoms with van der Waals surface area (Å²) >= 11 is 0. The van der Waals surface area contributed by atoms with Gasteiger partial charge >= 0.3 is 11.9 Å². The van der Waals surface area contributed by atoms with Crippen LogP contribution in [0.25, 0.3) is 0 Å². The number of aryl methyl sites for hydroxylation is 1. The van der Waals surface area contributed by atoms with Crippen molar-refractivity contribution >= 4 is 11.9 Å². The van der Waals surface area contributed by atoms with Crippen LogP contribution in [0.4, 0.5) is 0 Å². The zero-order valence-corrected chi connectivity index (χ0v) is 13.1. The molecule has 1 aromatic rings. The van der Waals surface area contributed by atoms with E-state index in [1.807, 2.05) is 12.1 Å². The smallest absolute Gasteiger partial charge is 0.335 e. The lowest BCUT2D eigenvalue weighted by molar-refractivity contribution is -0.137. The Bertz CT molecular complexity index is 451. The van der Waals surface area contributed by atoms with Crippen molar-refractivity contribution in [3.8, 4) is 0 Å². The number of carboxylic acids is 2. The van der Waals surface area contributed by atoms with Crippen LogP contribution in [0.1, 0.15) is 73.7 Å².